The third-order valence-electron chi connectivity index (χ3n) is 3.02. The Labute approximate surface area is 87.7 Å². The van der Waals surface area contributed by atoms with Crippen LogP contribution in [-0.4, -0.2) is 26.3 Å². The van der Waals surface area contributed by atoms with Crippen molar-refractivity contribution in [2.45, 2.75) is 38.6 Å². The molecule has 0 aromatic rings. The maximum atomic E-state index is 5.51. The van der Waals surface area contributed by atoms with Gasteiger partial charge in [-0.3, -0.25) is 0 Å². The first-order valence-electron chi connectivity index (χ1n) is 5.63. The highest BCUT2D eigenvalue weighted by atomic mass is 16.5. The maximum Gasteiger partial charge on any atom is 0.0509 e. The minimum atomic E-state index is 0.604. The van der Waals surface area contributed by atoms with Gasteiger partial charge in [0.2, 0.25) is 0 Å². The normalized spacial score (nSPS) is 24.6. The molecule has 0 bridgehead atoms. The zero-order valence-electron chi connectivity index (χ0n) is 9.51. The number of ether oxygens (including phenoxy) is 1. The molecule has 0 aliphatic carbocycles. The first-order valence-corrected chi connectivity index (χ1v) is 5.63. The van der Waals surface area contributed by atoms with Crippen LogP contribution in [0.25, 0.3) is 0 Å². The molecule has 2 unspecified atom stereocenters. The highest BCUT2D eigenvalue weighted by Crippen LogP contribution is 2.21. The monoisotopic (exact) mass is 197 g/mol. The van der Waals surface area contributed by atoms with Gasteiger partial charge in [-0.1, -0.05) is 5.57 Å². The van der Waals surface area contributed by atoms with Crippen LogP contribution >= 0.6 is 0 Å². The Morgan fingerprint density at radius 3 is 2.93 bits per heavy atom. The number of rotatable bonds is 5. The van der Waals surface area contributed by atoms with Crippen molar-refractivity contribution in [2.24, 2.45) is 5.92 Å². The highest BCUT2D eigenvalue weighted by Gasteiger charge is 2.22. The van der Waals surface area contributed by atoms with E-state index in [-0.39, 0.29) is 0 Å². The number of hydrogen-bond donors (Lipinski definition) is 1. The lowest BCUT2D eigenvalue weighted by Gasteiger charge is -2.30. The first-order chi connectivity index (χ1) is 6.74. The summed E-state index contributed by atoms with van der Waals surface area (Å²) in [5, 5.41) is 3.41. The summed E-state index contributed by atoms with van der Waals surface area (Å²) in [5.41, 5.74) is 1.28. The van der Waals surface area contributed by atoms with Crippen molar-refractivity contribution < 1.29 is 4.74 Å². The molecule has 0 saturated carbocycles. The average molecular weight is 197 g/mol. The molecule has 14 heavy (non-hydrogen) atoms. The molecule has 1 rings (SSSR count). The van der Waals surface area contributed by atoms with Crippen molar-refractivity contribution in [2.75, 3.05) is 20.3 Å². The van der Waals surface area contributed by atoms with E-state index in [2.05, 4.69) is 25.9 Å². The zero-order valence-corrected chi connectivity index (χ0v) is 9.51. The van der Waals surface area contributed by atoms with Crippen molar-refractivity contribution in [1.29, 1.82) is 0 Å². The number of hydrogen-bond acceptors (Lipinski definition) is 2. The van der Waals surface area contributed by atoms with Crippen LogP contribution in [0.4, 0.5) is 0 Å². The summed E-state index contributed by atoms with van der Waals surface area (Å²) in [5.74, 6) is 0.702. The molecular weight excluding hydrogens is 174 g/mol. The molecule has 1 aliphatic heterocycles. The Kier molecular flexibility index (Phi) is 5.20. The standard InChI is InChI=1S/C12H23NO/c1-10(2)6-7-12(13-3)11-5-4-8-14-9-11/h11-13H,1,4-9H2,2-3H3. The molecule has 0 aromatic heterocycles. The van der Waals surface area contributed by atoms with Gasteiger partial charge in [0, 0.05) is 12.6 Å². The Bertz CT molecular complexity index is 173. The van der Waals surface area contributed by atoms with E-state index in [0.29, 0.717) is 12.0 Å². The SMILES string of the molecule is C=C(C)CCC(NC)C1CCCOC1. The molecule has 0 amide bonds. The van der Waals surface area contributed by atoms with Gasteiger partial charge in [0.05, 0.1) is 6.61 Å². The van der Waals surface area contributed by atoms with Crippen LogP contribution < -0.4 is 5.32 Å². The lowest BCUT2D eigenvalue weighted by Crippen LogP contribution is -2.38. The molecule has 2 heteroatoms. The first kappa shape index (κ1) is 11.7. The maximum absolute atomic E-state index is 5.51. The molecule has 2 nitrogen and oxygen atoms in total. The molecular formula is C12H23NO. The molecule has 1 aliphatic rings. The Morgan fingerprint density at radius 2 is 2.43 bits per heavy atom. The van der Waals surface area contributed by atoms with Crippen LogP contribution in [0, 0.1) is 5.92 Å². The van der Waals surface area contributed by atoms with Crippen molar-refractivity contribution >= 4 is 0 Å². The summed E-state index contributed by atoms with van der Waals surface area (Å²) in [4.78, 5) is 0. The molecule has 0 spiro atoms. The summed E-state index contributed by atoms with van der Waals surface area (Å²) in [6.07, 6.45) is 4.85. The minimum Gasteiger partial charge on any atom is -0.381 e. The molecule has 0 aromatic carbocycles. The van der Waals surface area contributed by atoms with E-state index in [1.807, 2.05) is 0 Å². The van der Waals surface area contributed by atoms with Crippen molar-refractivity contribution in [3.8, 4) is 0 Å². The van der Waals surface area contributed by atoms with E-state index in [1.54, 1.807) is 0 Å². The summed E-state index contributed by atoms with van der Waals surface area (Å²) in [6, 6.07) is 0.604. The van der Waals surface area contributed by atoms with Crippen LogP contribution in [0.15, 0.2) is 12.2 Å². The quantitative estimate of drug-likeness (QED) is 0.683. The second-order valence-corrected chi connectivity index (χ2v) is 4.37. The minimum absolute atomic E-state index is 0.604. The van der Waals surface area contributed by atoms with Crippen LogP contribution in [-0.2, 0) is 4.74 Å². The zero-order chi connectivity index (χ0) is 10.4. The van der Waals surface area contributed by atoms with E-state index in [1.165, 1.54) is 24.8 Å². The van der Waals surface area contributed by atoms with Crippen molar-refractivity contribution in [3.63, 3.8) is 0 Å². The van der Waals surface area contributed by atoms with Crippen LogP contribution in [0.5, 0.6) is 0 Å². The Morgan fingerprint density at radius 1 is 1.64 bits per heavy atom. The van der Waals surface area contributed by atoms with Gasteiger partial charge >= 0.3 is 0 Å². The lowest BCUT2D eigenvalue weighted by atomic mass is 9.90. The molecule has 0 radical (unpaired) electrons. The summed E-state index contributed by atoms with van der Waals surface area (Å²) in [6.45, 7) is 7.93. The largest absolute Gasteiger partial charge is 0.381 e. The fourth-order valence-electron chi connectivity index (χ4n) is 2.10. The smallest absolute Gasteiger partial charge is 0.0509 e. The fourth-order valence-corrected chi connectivity index (χ4v) is 2.10. The summed E-state index contributed by atoms with van der Waals surface area (Å²) < 4.78 is 5.51. The number of allylic oxidation sites excluding steroid dienone is 1. The lowest BCUT2D eigenvalue weighted by molar-refractivity contribution is 0.0392. The second kappa shape index (κ2) is 6.20. The summed E-state index contributed by atoms with van der Waals surface area (Å²) >= 11 is 0. The van der Waals surface area contributed by atoms with Gasteiger partial charge in [-0.2, -0.15) is 0 Å². The Balaban J connectivity index is 2.31. The van der Waals surface area contributed by atoms with Crippen LogP contribution in [0.2, 0.25) is 0 Å². The molecule has 82 valence electrons. The third kappa shape index (κ3) is 3.81. The van der Waals surface area contributed by atoms with E-state index in [0.717, 1.165) is 19.6 Å². The van der Waals surface area contributed by atoms with E-state index >= 15 is 0 Å². The third-order valence-corrected chi connectivity index (χ3v) is 3.02. The molecule has 1 saturated heterocycles. The van der Waals surface area contributed by atoms with Gasteiger partial charge < -0.3 is 10.1 Å². The van der Waals surface area contributed by atoms with Gasteiger partial charge in [0.25, 0.3) is 0 Å². The van der Waals surface area contributed by atoms with Crippen LogP contribution in [0.1, 0.15) is 32.6 Å². The highest BCUT2D eigenvalue weighted by molar-refractivity contribution is 4.90. The Hall–Kier alpha value is -0.340. The van der Waals surface area contributed by atoms with Gasteiger partial charge in [0.15, 0.2) is 0 Å². The van der Waals surface area contributed by atoms with Gasteiger partial charge in [0.1, 0.15) is 0 Å². The van der Waals surface area contributed by atoms with Crippen molar-refractivity contribution in [3.05, 3.63) is 12.2 Å². The summed E-state index contributed by atoms with van der Waals surface area (Å²) in [7, 11) is 2.05. The van der Waals surface area contributed by atoms with Gasteiger partial charge in [-0.05, 0) is 45.6 Å². The number of nitrogens with one attached hydrogen (secondary N) is 1. The van der Waals surface area contributed by atoms with Gasteiger partial charge in [-0.15, -0.1) is 6.58 Å². The van der Waals surface area contributed by atoms with E-state index in [4.69, 9.17) is 4.74 Å². The second-order valence-electron chi connectivity index (χ2n) is 4.37. The van der Waals surface area contributed by atoms with Gasteiger partial charge in [-0.25, -0.2) is 0 Å². The van der Waals surface area contributed by atoms with Crippen LogP contribution in [0.3, 0.4) is 0 Å². The average Bonchev–Trinajstić information content (AvgIpc) is 2.20. The van der Waals surface area contributed by atoms with E-state index in [9.17, 15) is 0 Å². The molecule has 1 N–H and O–H groups in total. The molecule has 1 heterocycles. The predicted molar refractivity (Wildman–Crippen MR) is 60.4 cm³/mol. The molecule has 1 fully saturated rings. The molecule has 2 atom stereocenters. The fraction of sp³-hybridized carbons (Fsp3) is 0.833. The topological polar surface area (TPSA) is 21.3 Å². The predicted octanol–water partition coefficient (Wildman–Crippen LogP) is 2.36. The van der Waals surface area contributed by atoms with E-state index < -0.39 is 0 Å². The van der Waals surface area contributed by atoms with Crippen molar-refractivity contribution in [1.82, 2.24) is 5.32 Å².